The third-order valence-corrected chi connectivity index (χ3v) is 5.26. The van der Waals surface area contributed by atoms with E-state index >= 15 is 0 Å². The molecule has 174 valence electrons. The van der Waals surface area contributed by atoms with Crippen LogP contribution >= 0.6 is 0 Å². The Hall–Kier alpha value is -3.99. The molecule has 8 heteroatoms. The summed E-state index contributed by atoms with van der Waals surface area (Å²) < 4.78 is 5.85. The van der Waals surface area contributed by atoms with Gasteiger partial charge in [-0.1, -0.05) is 42.2 Å². The van der Waals surface area contributed by atoms with E-state index in [2.05, 4.69) is 32.4 Å². The van der Waals surface area contributed by atoms with E-state index in [4.69, 9.17) is 4.74 Å². The van der Waals surface area contributed by atoms with E-state index in [1.54, 1.807) is 13.1 Å². The molecule has 0 aromatic heterocycles. The van der Waals surface area contributed by atoms with Crippen molar-refractivity contribution in [2.24, 2.45) is 20.6 Å². The SMILES string of the molecule is CN1C(=O)[C@H](NC(=O)C2=NC(Cc3ccccc3)N=N2)COc2ccc(C#CC(C)(C)C)cc21. The van der Waals surface area contributed by atoms with Gasteiger partial charge in [-0.05, 0) is 44.5 Å². The van der Waals surface area contributed by atoms with Crippen molar-refractivity contribution in [3.8, 4) is 17.6 Å². The van der Waals surface area contributed by atoms with Crippen molar-refractivity contribution >= 4 is 23.3 Å². The van der Waals surface area contributed by atoms with E-state index in [9.17, 15) is 9.59 Å². The summed E-state index contributed by atoms with van der Waals surface area (Å²) in [5.41, 5.74) is 2.30. The Balaban J connectivity index is 1.44. The average molecular weight is 458 g/mol. The maximum Gasteiger partial charge on any atom is 0.291 e. The van der Waals surface area contributed by atoms with Gasteiger partial charge in [0, 0.05) is 24.4 Å². The lowest BCUT2D eigenvalue weighted by Crippen LogP contribution is -2.50. The summed E-state index contributed by atoms with van der Waals surface area (Å²) in [5.74, 6) is 5.98. The van der Waals surface area contributed by atoms with Gasteiger partial charge in [-0.3, -0.25) is 9.59 Å². The highest BCUT2D eigenvalue weighted by Crippen LogP contribution is 2.31. The van der Waals surface area contributed by atoms with Crippen molar-refractivity contribution < 1.29 is 14.3 Å². The molecule has 2 aromatic rings. The number of hydrogen-bond donors (Lipinski definition) is 1. The zero-order chi connectivity index (χ0) is 24.3. The predicted octanol–water partition coefficient (Wildman–Crippen LogP) is 3.36. The first-order chi connectivity index (χ1) is 16.2. The normalized spacial score (nSPS) is 19.4. The number of amidine groups is 1. The zero-order valence-corrected chi connectivity index (χ0v) is 19.7. The fourth-order valence-corrected chi connectivity index (χ4v) is 3.49. The molecule has 34 heavy (non-hydrogen) atoms. The lowest BCUT2D eigenvalue weighted by molar-refractivity contribution is -0.124. The van der Waals surface area contributed by atoms with E-state index in [0.717, 1.165) is 11.1 Å². The quantitative estimate of drug-likeness (QED) is 0.713. The van der Waals surface area contributed by atoms with Crippen LogP contribution in [0.1, 0.15) is 31.9 Å². The number of carbonyl (C=O) groups excluding carboxylic acids is 2. The van der Waals surface area contributed by atoms with Crippen LogP contribution in [-0.2, 0) is 16.0 Å². The fraction of sp³-hybridized carbons (Fsp3) is 0.346. The van der Waals surface area contributed by atoms with E-state index in [-0.39, 0.29) is 23.8 Å². The van der Waals surface area contributed by atoms with Crippen LogP contribution in [0.15, 0.2) is 63.8 Å². The number of amides is 2. The third kappa shape index (κ3) is 5.49. The Morgan fingerprint density at radius 1 is 1.21 bits per heavy atom. The molecule has 0 spiro atoms. The molecular weight excluding hydrogens is 430 g/mol. The molecule has 2 heterocycles. The minimum absolute atomic E-state index is 0.00715. The number of likely N-dealkylation sites (N-methyl/N-ethyl adjacent to an activating group) is 1. The molecule has 0 fully saturated rings. The second kappa shape index (κ2) is 9.48. The first kappa shape index (κ1) is 23.2. The highest BCUT2D eigenvalue weighted by molar-refractivity contribution is 6.38. The second-order valence-corrected chi connectivity index (χ2v) is 9.26. The minimum Gasteiger partial charge on any atom is -0.489 e. The smallest absolute Gasteiger partial charge is 0.291 e. The topological polar surface area (TPSA) is 95.7 Å². The molecule has 1 unspecified atom stereocenters. The van der Waals surface area contributed by atoms with Gasteiger partial charge in [0.15, 0.2) is 6.17 Å². The van der Waals surface area contributed by atoms with Gasteiger partial charge in [0.2, 0.25) is 5.84 Å². The molecule has 4 rings (SSSR count). The monoisotopic (exact) mass is 457 g/mol. The molecule has 2 aromatic carbocycles. The Morgan fingerprint density at radius 2 is 1.97 bits per heavy atom. The van der Waals surface area contributed by atoms with Crippen LogP contribution in [0.4, 0.5) is 5.69 Å². The number of rotatable bonds is 4. The summed E-state index contributed by atoms with van der Waals surface area (Å²) in [4.78, 5) is 31.6. The number of azo groups is 1. The number of carbonyl (C=O) groups is 2. The molecule has 0 saturated carbocycles. The number of benzene rings is 2. The van der Waals surface area contributed by atoms with Crippen LogP contribution in [-0.4, -0.2) is 43.5 Å². The van der Waals surface area contributed by atoms with E-state index in [1.165, 1.54) is 4.90 Å². The minimum atomic E-state index is -0.889. The maximum absolute atomic E-state index is 13.1. The van der Waals surface area contributed by atoms with Gasteiger partial charge in [0.25, 0.3) is 11.8 Å². The van der Waals surface area contributed by atoms with E-state index in [1.807, 2.05) is 63.2 Å². The number of nitrogens with one attached hydrogen (secondary N) is 1. The third-order valence-electron chi connectivity index (χ3n) is 5.26. The van der Waals surface area contributed by atoms with Crippen LogP contribution in [0.3, 0.4) is 0 Å². The van der Waals surface area contributed by atoms with Crippen molar-refractivity contribution in [1.29, 1.82) is 0 Å². The molecule has 1 N–H and O–H groups in total. The lowest BCUT2D eigenvalue weighted by atomic mass is 9.97. The van der Waals surface area contributed by atoms with Crippen LogP contribution in [0, 0.1) is 17.3 Å². The molecular formula is C26H27N5O3. The maximum atomic E-state index is 13.1. The lowest BCUT2D eigenvalue weighted by Gasteiger charge is -2.20. The molecule has 8 nitrogen and oxygen atoms in total. The number of fused-ring (bicyclic) bond motifs is 1. The van der Waals surface area contributed by atoms with E-state index < -0.39 is 18.1 Å². The van der Waals surface area contributed by atoms with Crippen LogP contribution in [0.2, 0.25) is 0 Å². The van der Waals surface area contributed by atoms with Crippen molar-refractivity contribution in [1.82, 2.24) is 5.32 Å². The highest BCUT2D eigenvalue weighted by Gasteiger charge is 2.32. The van der Waals surface area contributed by atoms with Crippen LogP contribution in [0.25, 0.3) is 0 Å². The van der Waals surface area contributed by atoms with Gasteiger partial charge >= 0.3 is 0 Å². The number of hydrogen-bond acceptors (Lipinski definition) is 6. The van der Waals surface area contributed by atoms with Gasteiger partial charge < -0.3 is 15.0 Å². The van der Waals surface area contributed by atoms with Gasteiger partial charge in [-0.2, -0.15) is 5.11 Å². The summed E-state index contributed by atoms with van der Waals surface area (Å²) in [5, 5.41) is 10.7. The Labute approximate surface area is 199 Å². The van der Waals surface area contributed by atoms with Crippen molar-refractivity contribution in [3.05, 3.63) is 59.7 Å². The largest absolute Gasteiger partial charge is 0.489 e. The number of nitrogens with zero attached hydrogens (tertiary/aromatic N) is 4. The summed E-state index contributed by atoms with van der Waals surface area (Å²) in [6.45, 7) is 6.10. The van der Waals surface area contributed by atoms with Gasteiger partial charge in [0.1, 0.15) is 18.4 Å². The number of ether oxygens (including phenoxy) is 1. The molecule has 0 bridgehead atoms. The summed E-state index contributed by atoms with van der Waals surface area (Å²) in [6, 6.07) is 14.3. The highest BCUT2D eigenvalue weighted by atomic mass is 16.5. The Morgan fingerprint density at radius 3 is 2.71 bits per heavy atom. The average Bonchev–Trinajstić information content (AvgIpc) is 3.24. The van der Waals surface area contributed by atoms with Crippen molar-refractivity contribution in [2.75, 3.05) is 18.6 Å². The van der Waals surface area contributed by atoms with Crippen molar-refractivity contribution in [3.63, 3.8) is 0 Å². The Kier molecular flexibility index (Phi) is 6.46. The van der Waals surface area contributed by atoms with Gasteiger partial charge in [-0.25, -0.2) is 4.99 Å². The second-order valence-electron chi connectivity index (χ2n) is 9.26. The molecule has 0 radical (unpaired) electrons. The summed E-state index contributed by atoms with van der Waals surface area (Å²) in [6.07, 6.45) is 0.0919. The summed E-state index contributed by atoms with van der Waals surface area (Å²) >= 11 is 0. The first-order valence-corrected chi connectivity index (χ1v) is 11.1. The first-order valence-electron chi connectivity index (χ1n) is 11.1. The number of aliphatic imine (C=N–C) groups is 1. The summed E-state index contributed by atoms with van der Waals surface area (Å²) in [7, 11) is 1.65. The van der Waals surface area contributed by atoms with Gasteiger partial charge in [0.05, 0.1) is 5.69 Å². The van der Waals surface area contributed by atoms with Crippen LogP contribution in [0.5, 0.6) is 5.75 Å². The molecule has 0 aliphatic carbocycles. The van der Waals surface area contributed by atoms with Crippen LogP contribution < -0.4 is 15.0 Å². The van der Waals surface area contributed by atoms with Gasteiger partial charge in [-0.15, -0.1) is 5.11 Å². The Bertz CT molecular complexity index is 1220. The molecule has 2 amide bonds. The standard InChI is InChI=1S/C26H27N5O3/c1-26(2,3)13-12-18-10-11-21-20(14-18)31(4)25(33)19(16-34-21)27-24(32)23-28-22(29-30-23)15-17-8-6-5-7-9-17/h5-11,14,19,22H,15-16H2,1-4H3,(H,27,32)/t19-,22?/m1/s1. The number of anilines is 1. The zero-order valence-electron chi connectivity index (χ0n) is 19.7. The molecule has 0 saturated heterocycles. The van der Waals surface area contributed by atoms with Crippen molar-refractivity contribution in [2.45, 2.75) is 39.4 Å². The molecule has 2 aliphatic rings. The molecule has 2 atom stereocenters. The van der Waals surface area contributed by atoms with E-state index in [0.29, 0.717) is 17.9 Å². The fourth-order valence-electron chi connectivity index (χ4n) is 3.49. The molecule has 2 aliphatic heterocycles. The predicted molar refractivity (Wildman–Crippen MR) is 130 cm³/mol.